The first-order chi connectivity index (χ1) is 9.47. The second-order valence-electron chi connectivity index (χ2n) is 5.02. The number of aryl methyl sites for hydroxylation is 3. The molecule has 0 aromatic heterocycles. The average molecular weight is 285 g/mol. The second kappa shape index (κ2) is 6.06. The van der Waals surface area contributed by atoms with Crippen molar-refractivity contribution >= 4 is 23.5 Å². The van der Waals surface area contributed by atoms with Crippen molar-refractivity contribution in [3.8, 4) is 0 Å². The maximum absolute atomic E-state index is 12.1. The normalized spacial score (nSPS) is 11.0. The van der Waals surface area contributed by atoms with E-state index >= 15 is 0 Å². The second-order valence-corrected chi connectivity index (χ2v) is 5.45. The van der Waals surface area contributed by atoms with Crippen LogP contribution in [0.3, 0.4) is 0 Å². The fourth-order valence-corrected chi connectivity index (χ4v) is 2.45. The zero-order chi connectivity index (χ0) is 14.7. The van der Waals surface area contributed by atoms with E-state index in [1.54, 1.807) is 30.3 Å². The molecule has 2 heteroatoms. The van der Waals surface area contributed by atoms with Crippen LogP contribution in [-0.2, 0) is 0 Å². The van der Waals surface area contributed by atoms with Crippen LogP contribution < -0.4 is 0 Å². The quantitative estimate of drug-likeness (QED) is 0.562. The fraction of sp³-hybridized carbons (Fsp3) is 0.167. The first-order valence-electron chi connectivity index (χ1n) is 6.53. The summed E-state index contributed by atoms with van der Waals surface area (Å²) in [6.45, 7) is 6.20. The molecule has 0 aliphatic carbocycles. The van der Waals surface area contributed by atoms with E-state index in [4.69, 9.17) is 11.6 Å². The van der Waals surface area contributed by atoms with Crippen molar-refractivity contribution in [3.05, 3.63) is 75.3 Å². The Bertz CT molecular complexity index is 643. The maximum atomic E-state index is 12.1. The van der Waals surface area contributed by atoms with Gasteiger partial charge in [-0.3, -0.25) is 4.79 Å². The number of ketones is 1. The number of hydrogen-bond acceptors (Lipinski definition) is 1. The standard InChI is InChI=1S/C18H17ClO/c1-12-10-13(2)17(14(3)11-12)8-9-18(20)15-4-6-16(19)7-5-15/h4-11H,1-3H3/b9-8+. The molecule has 2 aromatic rings. The lowest BCUT2D eigenvalue weighted by Crippen LogP contribution is -1.94. The summed E-state index contributed by atoms with van der Waals surface area (Å²) in [6.07, 6.45) is 3.51. The third kappa shape index (κ3) is 3.37. The van der Waals surface area contributed by atoms with E-state index in [1.165, 1.54) is 16.7 Å². The first-order valence-corrected chi connectivity index (χ1v) is 6.91. The number of hydrogen-bond donors (Lipinski definition) is 0. The van der Waals surface area contributed by atoms with E-state index in [0.29, 0.717) is 10.6 Å². The van der Waals surface area contributed by atoms with E-state index in [0.717, 1.165) is 5.56 Å². The van der Waals surface area contributed by atoms with Gasteiger partial charge in [0.05, 0.1) is 0 Å². The SMILES string of the molecule is Cc1cc(C)c(/C=C/C(=O)c2ccc(Cl)cc2)c(C)c1. The molecule has 2 aromatic carbocycles. The van der Waals surface area contributed by atoms with Gasteiger partial charge in [-0.1, -0.05) is 35.4 Å². The van der Waals surface area contributed by atoms with Gasteiger partial charge in [0.2, 0.25) is 0 Å². The molecule has 0 bridgehead atoms. The first kappa shape index (κ1) is 14.5. The Kier molecular flexibility index (Phi) is 4.41. The molecule has 0 saturated heterocycles. The number of benzene rings is 2. The van der Waals surface area contributed by atoms with Gasteiger partial charge in [0, 0.05) is 10.6 Å². The summed E-state index contributed by atoms with van der Waals surface area (Å²) in [4.78, 5) is 12.1. The molecular weight excluding hydrogens is 268 g/mol. The number of carbonyl (C=O) groups excluding carboxylic acids is 1. The number of carbonyl (C=O) groups is 1. The van der Waals surface area contributed by atoms with Crippen molar-refractivity contribution in [2.45, 2.75) is 20.8 Å². The molecule has 0 fully saturated rings. The monoisotopic (exact) mass is 284 g/mol. The van der Waals surface area contributed by atoms with Gasteiger partial charge in [-0.25, -0.2) is 0 Å². The summed E-state index contributed by atoms with van der Waals surface area (Å²) in [5.41, 5.74) is 5.36. The molecule has 102 valence electrons. The Morgan fingerprint density at radius 2 is 1.55 bits per heavy atom. The summed E-state index contributed by atoms with van der Waals surface area (Å²) in [6, 6.07) is 11.2. The van der Waals surface area contributed by atoms with Crippen molar-refractivity contribution in [1.82, 2.24) is 0 Å². The highest BCUT2D eigenvalue weighted by Gasteiger charge is 2.04. The lowest BCUT2D eigenvalue weighted by molar-refractivity contribution is 0.104. The molecule has 0 unspecified atom stereocenters. The number of allylic oxidation sites excluding steroid dienone is 1. The van der Waals surface area contributed by atoms with Gasteiger partial charge >= 0.3 is 0 Å². The van der Waals surface area contributed by atoms with E-state index in [1.807, 2.05) is 6.08 Å². The Labute approximate surface area is 124 Å². The summed E-state index contributed by atoms with van der Waals surface area (Å²) in [5.74, 6) is -0.0129. The minimum absolute atomic E-state index is 0.0129. The highest BCUT2D eigenvalue weighted by atomic mass is 35.5. The summed E-state index contributed by atoms with van der Waals surface area (Å²) < 4.78 is 0. The lowest BCUT2D eigenvalue weighted by Gasteiger charge is -2.06. The van der Waals surface area contributed by atoms with E-state index < -0.39 is 0 Å². The zero-order valence-corrected chi connectivity index (χ0v) is 12.7. The van der Waals surface area contributed by atoms with Crippen LogP contribution in [0.15, 0.2) is 42.5 Å². The van der Waals surface area contributed by atoms with Crippen molar-refractivity contribution in [1.29, 1.82) is 0 Å². The molecule has 0 spiro atoms. The van der Waals surface area contributed by atoms with Crippen LogP contribution in [0.25, 0.3) is 6.08 Å². The highest BCUT2D eigenvalue weighted by molar-refractivity contribution is 6.30. The van der Waals surface area contributed by atoms with Gasteiger partial charge < -0.3 is 0 Å². The van der Waals surface area contributed by atoms with Gasteiger partial charge in [-0.15, -0.1) is 0 Å². The number of halogens is 1. The molecule has 0 radical (unpaired) electrons. The van der Waals surface area contributed by atoms with Crippen LogP contribution in [0, 0.1) is 20.8 Å². The molecule has 0 atom stereocenters. The highest BCUT2D eigenvalue weighted by Crippen LogP contribution is 2.18. The zero-order valence-electron chi connectivity index (χ0n) is 11.9. The van der Waals surface area contributed by atoms with Gasteiger partial charge in [-0.2, -0.15) is 0 Å². The Morgan fingerprint density at radius 3 is 2.10 bits per heavy atom. The van der Waals surface area contributed by atoms with E-state index in [-0.39, 0.29) is 5.78 Å². The van der Waals surface area contributed by atoms with Crippen molar-refractivity contribution < 1.29 is 4.79 Å². The molecule has 0 N–H and O–H groups in total. The molecule has 0 amide bonds. The minimum atomic E-state index is -0.0129. The molecule has 20 heavy (non-hydrogen) atoms. The van der Waals surface area contributed by atoms with Gasteiger partial charge in [0.1, 0.15) is 0 Å². The predicted molar refractivity (Wildman–Crippen MR) is 85.5 cm³/mol. The molecule has 0 aliphatic heterocycles. The molecule has 0 heterocycles. The van der Waals surface area contributed by atoms with Crippen LogP contribution in [0.4, 0.5) is 0 Å². The van der Waals surface area contributed by atoms with Crippen LogP contribution in [0.5, 0.6) is 0 Å². The van der Waals surface area contributed by atoms with Gasteiger partial charge in [0.25, 0.3) is 0 Å². The summed E-state index contributed by atoms with van der Waals surface area (Å²) in [5, 5.41) is 0.635. The van der Waals surface area contributed by atoms with Crippen LogP contribution in [0.2, 0.25) is 5.02 Å². The summed E-state index contributed by atoms with van der Waals surface area (Å²) >= 11 is 5.82. The third-order valence-corrected chi connectivity index (χ3v) is 3.52. The molecule has 2 rings (SSSR count). The molecule has 0 saturated carbocycles. The van der Waals surface area contributed by atoms with Crippen molar-refractivity contribution in [3.63, 3.8) is 0 Å². The van der Waals surface area contributed by atoms with E-state index in [9.17, 15) is 4.79 Å². The van der Waals surface area contributed by atoms with Gasteiger partial charge in [0.15, 0.2) is 5.78 Å². The van der Waals surface area contributed by atoms with Crippen LogP contribution in [-0.4, -0.2) is 5.78 Å². The predicted octanol–water partition coefficient (Wildman–Crippen LogP) is 5.16. The average Bonchev–Trinajstić information content (AvgIpc) is 2.38. The minimum Gasteiger partial charge on any atom is -0.289 e. The van der Waals surface area contributed by atoms with Crippen molar-refractivity contribution in [2.75, 3.05) is 0 Å². The largest absolute Gasteiger partial charge is 0.289 e. The molecule has 1 nitrogen and oxygen atoms in total. The summed E-state index contributed by atoms with van der Waals surface area (Å²) in [7, 11) is 0. The Morgan fingerprint density at radius 1 is 1.00 bits per heavy atom. The van der Waals surface area contributed by atoms with Crippen LogP contribution in [0.1, 0.15) is 32.6 Å². The smallest absolute Gasteiger partial charge is 0.185 e. The van der Waals surface area contributed by atoms with Gasteiger partial charge in [-0.05, 0) is 67.8 Å². The van der Waals surface area contributed by atoms with Crippen molar-refractivity contribution in [2.24, 2.45) is 0 Å². The maximum Gasteiger partial charge on any atom is 0.185 e. The van der Waals surface area contributed by atoms with Crippen LogP contribution >= 0.6 is 11.6 Å². The van der Waals surface area contributed by atoms with E-state index in [2.05, 4.69) is 32.9 Å². The fourth-order valence-electron chi connectivity index (χ4n) is 2.32. The Balaban J connectivity index is 2.25. The topological polar surface area (TPSA) is 17.1 Å². The number of rotatable bonds is 3. The third-order valence-electron chi connectivity index (χ3n) is 3.27. The molecular formula is C18H17ClO. The Hall–Kier alpha value is -1.86. The lowest BCUT2D eigenvalue weighted by atomic mass is 9.99. The molecule has 0 aliphatic rings.